The van der Waals surface area contributed by atoms with Crippen molar-refractivity contribution in [2.45, 2.75) is 104 Å². The van der Waals surface area contributed by atoms with Crippen molar-refractivity contribution in [2.75, 3.05) is 13.2 Å². The zero-order valence-electron chi connectivity index (χ0n) is 15.6. The van der Waals surface area contributed by atoms with E-state index in [0.717, 1.165) is 31.5 Å². The van der Waals surface area contributed by atoms with Crippen LogP contribution in [0.25, 0.3) is 0 Å². The Labute approximate surface area is 139 Å². The van der Waals surface area contributed by atoms with Gasteiger partial charge in [0.1, 0.15) is 0 Å². The molecule has 1 aliphatic carbocycles. The molecular formula is C20H40O2. The van der Waals surface area contributed by atoms with Crippen LogP contribution < -0.4 is 0 Å². The third-order valence-electron chi connectivity index (χ3n) is 5.26. The number of hydrogen-bond donors (Lipinski definition) is 0. The topological polar surface area (TPSA) is 18.5 Å². The van der Waals surface area contributed by atoms with Crippen LogP contribution in [0.5, 0.6) is 0 Å². The summed E-state index contributed by atoms with van der Waals surface area (Å²) in [6, 6.07) is 0. The molecule has 0 bridgehead atoms. The third kappa shape index (κ3) is 7.97. The summed E-state index contributed by atoms with van der Waals surface area (Å²) in [5.74, 6) is 1.50. The van der Waals surface area contributed by atoms with Crippen LogP contribution in [0.2, 0.25) is 0 Å². The van der Waals surface area contributed by atoms with E-state index in [9.17, 15) is 0 Å². The highest BCUT2D eigenvalue weighted by molar-refractivity contribution is 4.75. The van der Waals surface area contributed by atoms with E-state index in [1.807, 2.05) is 0 Å². The van der Waals surface area contributed by atoms with Gasteiger partial charge in [-0.25, -0.2) is 0 Å². The molecule has 0 aromatic heterocycles. The van der Waals surface area contributed by atoms with Crippen LogP contribution in [0.4, 0.5) is 0 Å². The molecule has 0 saturated heterocycles. The molecule has 2 heteroatoms. The van der Waals surface area contributed by atoms with Crippen molar-refractivity contribution < 1.29 is 9.47 Å². The van der Waals surface area contributed by atoms with Gasteiger partial charge in [0.15, 0.2) is 0 Å². The first-order valence-corrected chi connectivity index (χ1v) is 9.96. The van der Waals surface area contributed by atoms with Crippen LogP contribution in [0.15, 0.2) is 0 Å². The molecule has 0 N–H and O–H groups in total. The average molecular weight is 313 g/mol. The first-order chi connectivity index (χ1) is 10.7. The third-order valence-corrected chi connectivity index (χ3v) is 5.26. The lowest BCUT2D eigenvalue weighted by molar-refractivity contribution is -0.0613. The smallest absolute Gasteiger partial charge is 0.0600 e. The summed E-state index contributed by atoms with van der Waals surface area (Å²) in [5, 5.41) is 0. The molecule has 1 saturated carbocycles. The van der Waals surface area contributed by atoms with E-state index >= 15 is 0 Å². The molecule has 0 aromatic carbocycles. The molecule has 22 heavy (non-hydrogen) atoms. The van der Waals surface area contributed by atoms with Crippen LogP contribution in [-0.4, -0.2) is 25.4 Å². The first-order valence-electron chi connectivity index (χ1n) is 9.96. The van der Waals surface area contributed by atoms with Crippen molar-refractivity contribution in [3.63, 3.8) is 0 Å². The Morgan fingerprint density at radius 2 is 1.23 bits per heavy atom. The molecule has 0 spiro atoms. The zero-order valence-corrected chi connectivity index (χ0v) is 15.6. The Morgan fingerprint density at radius 3 is 1.59 bits per heavy atom. The largest absolute Gasteiger partial charge is 0.378 e. The van der Waals surface area contributed by atoms with Gasteiger partial charge in [-0.1, -0.05) is 53.4 Å². The molecule has 132 valence electrons. The monoisotopic (exact) mass is 312 g/mol. The second kappa shape index (κ2) is 12.4. The maximum Gasteiger partial charge on any atom is 0.0600 e. The molecule has 0 aliphatic heterocycles. The molecule has 4 unspecified atom stereocenters. The number of rotatable bonds is 12. The van der Waals surface area contributed by atoms with Crippen LogP contribution in [0, 0.1) is 11.8 Å². The maximum atomic E-state index is 6.22. The molecule has 0 aromatic rings. The van der Waals surface area contributed by atoms with Crippen LogP contribution >= 0.6 is 0 Å². The predicted molar refractivity (Wildman–Crippen MR) is 95.3 cm³/mol. The van der Waals surface area contributed by atoms with Gasteiger partial charge in [-0.05, 0) is 50.4 Å². The fourth-order valence-electron chi connectivity index (χ4n) is 3.58. The molecule has 0 amide bonds. The lowest BCUT2D eigenvalue weighted by atomic mass is 9.94. The standard InChI is InChI=1S/C20H40O2/c1-5-10-17(7-3)15-21-19-12-9-13-20(14-19)22-16-18(8-4)11-6-2/h17-20H,5-16H2,1-4H3. The highest BCUT2D eigenvalue weighted by Gasteiger charge is 2.24. The van der Waals surface area contributed by atoms with Crippen molar-refractivity contribution in [3.05, 3.63) is 0 Å². The molecule has 1 fully saturated rings. The Morgan fingerprint density at radius 1 is 0.773 bits per heavy atom. The fourth-order valence-corrected chi connectivity index (χ4v) is 3.58. The lowest BCUT2D eigenvalue weighted by Crippen LogP contribution is -2.30. The molecular weight excluding hydrogens is 272 g/mol. The van der Waals surface area contributed by atoms with Gasteiger partial charge in [-0.2, -0.15) is 0 Å². The highest BCUT2D eigenvalue weighted by Crippen LogP contribution is 2.26. The molecule has 1 rings (SSSR count). The van der Waals surface area contributed by atoms with Crippen LogP contribution in [-0.2, 0) is 9.47 Å². The van der Waals surface area contributed by atoms with Gasteiger partial charge >= 0.3 is 0 Å². The summed E-state index contributed by atoms with van der Waals surface area (Å²) in [4.78, 5) is 0. The quantitative estimate of drug-likeness (QED) is 0.441. The van der Waals surface area contributed by atoms with E-state index in [4.69, 9.17) is 9.47 Å². The average Bonchev–Trinajstić information content (AvgIpc) is 2.55. The Kier molecular flexibility index (Phi) is 11.2. The van der Waals surface area contributed by atoms with Crippen LogP contribution in [0.1, 0.15) is 91.9 Å². The van der Waals surface area contributed by atoms with Gasteiger partial charge in [0, 0.05) is 13.2 Å². The van der Waals surface area contributed by atoms with E-state index in [0.29, 0.717) is 12.2 Å². The van der Waals surface area contributed by atoms with E-state index in [-0.39, 0.29) is 0 Å². The normalized spacial score (nSPS) is 25.1. The van der Waals surface area contributed by atoms with Gasteiger partial charge in [-0.15, -0.1) is 0 Å². The maximum absolute atomic E-state index is 6.22. The Hall–Kier alpha value is -0.0800. The van der Waals surface area contributed by atoms with E-state index in [1.54, 1.807) is 0 Å². The summed E-state index contributed by atoms with van der Waals surface area (Å²) < 4.78 is 12.4. The first kappa shape index (κ1) is 20.0. The summed E-state index contributed by atoms with van der Waals surface area (Å²) >= 11 is 0. The Balaban J connectivity index is 2.25. The minimum atomic E-state index is 0.441. The van der Waals surface area contributed by atoms with Crippen LogP contribution in [0.3, 0.4) is 0 Å². The summed E-state index contributed by atoms with van der Waals surface area (Å²) in [7, 11) is 0. The minimum Gasteiger partial charge on any atom is -0.378 e. The molecule has 1 aliphatic rings. The zero-order chi connectivity index (χ0) is 16.2. The minimum absolute atomic E-state index is 0.441. The van der Waals surface area contributed by atoms with Crippen molar-refractivity contribution in [1.29, 1.82) is 0 Å². The van der Waals surface area contributed by atoms with Crippen molar-refractivity contribution in [1.82, 2.24) is 0 Å². The van der Waals surface area contributed by atoms with Crippen molar-refractivity contribution in [3.8, 4) is 0 Å². The fraction of sp³-hybridized carbons (Fsp3) is 1.00. The highest BCUT2D eigenvalue weighted by atomic mass is 16.5. The number of hydrogen-bond acceptors (Lipinski definition) is 2. The van der Waals surface area contributed by atoms with Gasteiger partial charge in [0.2, 0.25) is 0 Å². The SMILES string of the molecule is CCCC(CC)COC1CCCC(OCC(CC)CCC)C1. The van der Waals surface area contributed by atoms with E-state index in [2.05, 4.69) is 27.7 Å². The van der Waals surface area contributed by atoms with E-state index < -0.39 is 0 Å². The summed E-state index contributed by atoms with van der Waals surface area (Å²) in [5.41, 5.74) is 0. The molecule has 0 radical (unpaired) electrons. The second-order valence-corrected chi connectivity index (χ2v) is 7.20. The number of ether oxygens (including phenoxy) is 2. The lowest BCUT2D eigenvalue weighted by Gasteiger charge is -2.31. The summed E-state index contributed by atoms with van der Waals surface area (Å²) in [6.45, 7) is 11.0. The van der Waals surface area contributed by atoms with Crippen molar-refractivity contribution in [2.24, 2.45) is 11.8 Å². The molecule has 4 atom stereocenters. The van der Waals surface area contributed by atoms with Gasteiger partial charge in [0.25, 0.3) is 0 Å². The molecule has 0 heterocycles. The van der Waals surface area contributed by atoms with E-state index in [1.165, 1.54) is 57.8 Å². The Bertz CT molecular complexity index is 230. The van der Waals surface area contributed by atoms with Gasteiger partial charge < -0.3 is 9.47 Å². The van der Waals surface area contributed by atoms with Gasteiger partial charge in [0.05, 0.1) is 12.2 Å². The second-order valence-electron chi connectivity index (χ2n) is 7.20. The van der Waals surface area contributed by atoms with Gasteiger partial charge in [-0.3, -0.25) is 0 Å². The van der Waals surface area contributed by atoms with Crippen molar-refractivity contribution >= 4 is 0 Å². The predicted octanol–water partition coefficient (Wildman–Crippen LogP) is 5.98. The molecule has 2 nitrogen and oxygen atoms in total. The summed E-state index contributed by atoms with van der Waals surface area (Å²) in [6.07, 6.45) is 13.4.